The molecule has 0 spiro atoms. The summed E-state index contributed by atoms with van der Waals surface area (Å²) in [6.07, 6.45) is 3.01. The lowest BCUT2D eigenvalue weighted by Crippen LogP contribution is -2.48. The van der Waals surface area contributed by atoms with Crippen LogP contribution >= 0.6 is 0 Å². The molecule has 1 amide bonds. The third-order valence-corrected chi connectivity index (χ3v) is 5.89. The van der Waals surface area contributed by atoms with Crippen LogP contribution in [-0.2, 0) is 16.0 Å². The second-order valence-corrected chi connectivity index (χ2v) is 7.89. The SMILES string of the molecule is CC[C@H](C)NC(=O)C1(Cc2ccc(-c3cc(F)ccc3OC)cc2)CCOCC1. The van der Waals surface area contributed by atoms with Crippen LogP contribution < -0.4 is 10.1 Å². The number of amides is 1. The van der Waals surface area contributed by atoms with Crippen molar-refractivity contribution in [2.75, 3.05) is 20.3 Å². The van der Waals surface area contributed by atoms with E-state index in [2.05, 4.69) is 12.2 Å². The average molecular weight is 400 g/mol. The van der Waals surface area contributed by atoms with E-state index in [4.69, 9.17) is 9.47 Å². The summed E-state index contributed by atoms with van der Waals surface area (Å²) in [4.78, 5) is 13.1. The Bertz CT molecular complexity index is 829. The maximum Gasteiger partial charge on any atom is 0.226 e. The van der Waals surface area contributed by atoms with Crippen LogP contribution in [0.2, 0.25) is 0 Å². The molecule has 1 aliphatic heterocycles. The van der Waals surface area contributed by atoms with Gasteiger partial charge in [-0.05, 0) is 61.9 Å². The van der Waals surface area contributed by atoms with E-state index in [-0.39, 0.29) is 17.8 Å². The van der Waals surface area contributed by atoms with Gasteiger partial charge in [0.2, 0.25) is 5.91 Å². The van der Waals surface area contributed by atoms with Gasteiger partial charge in [0.25, 0.3) is 0 Å². The highest BCUT2D eigenvalue weighted by atomic mass is 19.1. The maximum atomic E-state index is 13.7. The van der Waals surface area contributed by atoms with Gasteiger partial charge in [-0.1, -0.05) is 31.2 Å². The van der Waals surface area contributed by atoms with Gasteiger partial charge in [-0.25, -0.2) is 4.39 Å². The monoisotopic (exact) mass is 399 g/mol. The van der Waals surface area contributed by atoms with Crippen LogP contribution in [0.5, 0.6) is 5.75 Å². The molecule has 156 valence electrons. The molecule has 0 aliphatic carbocycles. The van der Waals surface area contributed by atoms with Gasteiger partial charge in [0.1, 0.15) is 11.6 Å². The molecule has 4 nitrogen and oxygen atoms in total. The summed E-state index contributed by atoms with van der Waals surface area (Å²) >= 11 is 0. The van der Waals surface area contributed by atoms with Crippen molar-refractivity contribution in [2.45, 2.75) is 45.6 Å². The Morgan fingerprint density at radius 2 is 1.90 bits per heavy atom. The fraction of sp³-hybridized carbons (Fsp3) is 0.458. The fourth-order valence-corrected chi connectivity index (χ4v) is 3.82. The van der Waals surface area contributed by atoms with Crippen molar-refractivity contribution < 1.29 is 18.7 Å². The highest BCUT2D eigenvalue weighted by Gasteiger charge is 2.40. The van der Waals surface area contributed by atoms with Crippen LogP contribution in [0.1, 0.15) is 38.7 Å². The maximum absolute atomic E-state index is 13.7. The Balaban J connectivity index is 1.83. The molecule has 1 aliphatic rings. The molecule has 3 rings (SSSR count). The molecule has 1 fully saturated rings. The fourth-order valence-electron chi connectivity index (χ4n) is 3.82. The number of hydrogen-bond donors (Lipinski definition) is 1. The van der Waals surface area contributed by atoms with Gasteiger partial charge in [-0.3, -0.25) is 4.79 Å². The third kappa shape index (κ3) is 4.96. The van der Waals surface area contributed by atoms with E-state index in [1.54, 1.807) is 13.2 Å². The first kappa shape index (κ1) is 21.3. The topological polar surface area (TPSA) is 47.6 Å². The van der Waals surface area contributed by atoms with Gasteiger partial charge in [0.05, 0.1) is 12.5 Å². The van der Waals surface area contributed by atoms with E-state index in [1.807, 2.05) is 31.2 Å². The molecule has 1 N–H and O–H groups in total. The number of ether oxygens (including phenoxy) is 2. The Labute approximate surface area is 172 Å². The van der Waals surface area contributed by atoms with Crippen molar-refractivity contribution in [1.82, 2.24) is 5.32 Å². The van der Waals surface area contributed by atoms with Gasteiger partial charge in [-0.2, -0.15) is 0 Å². The Kier molecular flexibility index (Phi) is 6.91. The van der Waals surface area contributed by atoms with Gasteiger partial charge >= 0.3 is 0 Å². The Hall–Kier alpha value is -2.40. The molecular weight excluding hydrogens is 369 g/mol. The van der Waals surface area contributed by atoms with E-state index in [9.17, 15) is 9.18 Å². The van der Waals surface area contributed by atoms with Gasteiger partial charge in [-0.15, -0.1) is 0 Å². The average Bonchev–Trinajstić information content (AvgIpc) is 2.74. The summed E-state index contributed by atoms with van der Waals surface area (Å²) in [5.74, 6) is 0.451. The highest BCUT2D eigenvalue weighted by Crippen LogP contribution is 2.36. The molecule has 29 heavy (non-hydrogen) atoms. The number of nitrogens with one attached hydrogen (secondary N) is 1. The molecule has 1 heterocycles. The van der Waals surface area contributed by atoms with Crippen LogP contribution in [0.4, 0.5) is 4.39 Å². The lowest BCUT2D eigenvalue weighted by Gasteiger charge is -2.36. The molecule has 0 bridgehead atoms. The van der Waals surface area contributed by atoms with Crippen LogP contribution in [-0.4, -0.2) is 32.3 Å². The predicted octanol–water partition coefficient (Wildman–Crippen LogP) is 4.76. The molecule has 2 aromatic carbocycles. The first-order valence-electron chi connectivity index (χ1n) is 10.3. The van der Waals surface area contributed by atoms with Crippen LogP contribution in [0.25, 0.3) is 11.1 Å². The summed E-state index contributed by atoms with van der Waals surface area (Å²) < 4.78 is 24.6. The molecule has 0 unspecified atom stereocenters. The standard InChI is InChI=1S/C24H30FNO3/c1-4-17(2)26-23(27)24(11-13-29-14-12-24)16-18-5-7-19(8-6-18)21-15-20(25)9-10-22(21)28-3/h5-10,15,17H,4,11-14,16H2,1-3H3,(H,26,27)/t17-/m0/s1. The van der Waals surface area contributed by atoms with Crippen molar-refractivity contribution in [3.63, 3.8) is 0 Å². The minimum absolute atomic E-state index is 0.117. The summed E-state index contributed by atoms with van der Waals surface area (Å²) in [6, 6.07) is 12.6. The van der Waals surface area contributed by atoms with Crippen molar-refractivity contribution in [2.24, 2.45) is 5.41 Å². The first-order valence-corrected chi connectivity index (χ1v) is 10.3. The summed E-state index contributed by atoms with van der Waals surface area (Å²) in [6.45, 7) is 5.31. The zero-order valence-corrected chi connectivity index (χ0v) is 17.5. The van der Waals surface area contributed by atoms with E-state index >= 15 is 0 Å². The molecule has 1 saturated heterocycles. The third-order valence-electron chi connectivity index (χ3n) is 5.89. The number of carbonyl (C=O) groups is 1. The summed E-state index contributed by atoms with van der Waals surface area (Å²) in [5, 5.41) is 3.17. The number of halogens is 1. The van der Waals surface area contributed by atoms with Crippen LogP contribution in [0.3, 0.4) is 0 Å². The number of benzene rings is 2. The largest absolute Gasteiger partial charge is 0.496 e. The van der Waals surface area contributed by atoms with Gasteiger partial charge in [0, 0.05) is 24.8 Å². The molecule has 0 aromatic heterocycles. The highest BCUT2D eigenvalue weighted by molar-refractivity contribution is 5.83. The minimum atomic E-state index is -0.445. The number of methoxy groups -OCH3 is 1. The van der Waals surface area contributed by atoms with Crippen molar-refractivity contribution >= 4 is 5.91 Å². The zero-order chi connectivity index (χ0) is 20.9. The lowest BCUT2D eigenvalue weighted by atomic mass is 9.74. The van der Waals surface area contributed by atoms with Gasteiger partial charge in [0.15, 0.2) is 0 Å². The minimum Gasteiger partial charge on any atom is -0.496 e. The van der Waals surface area contributed by atoms with Crippen LogP contribution in [0.15, 0.2) is 42.5 Å². The van der Waals surface area contributed by atoms with E-state index in [0.717, 1.165) is 30.4 Å². The van der Waals surface area contributed by atoms with E-state index in [1.165, 1.54) is 12.1 Å². The molecule has 1 atom stereocenters. The van der Waals surface area contributed by atoms with Crippen molar-refractivity contribution in [1.29, 1.82) is 0 Å². The Morgan fingerprint density at radius 3 is 2.52 bits per heavy atom. The predicted molar refractivity (Wildman–Crippen MR) is 112 cm³/mol. The summed E-state index contributed by atoms with van der Waals surface area (Å²) in [7, 11) is 1.58. The molecule has 2 aromatic rings. The number of carbonyl (C=O) groups excluding carboxylic acids is 1. The lowest BCUT2D eigenvalue weighted by molar-refractivity contribution is -0.137. The first-order chi connectivity index (χ1) is 14.0. The zero-order valence-electron chi connectivity index (χ0n) is 17.5. The smallest absolute Gasteiger partial charge is 0.226 e. The normalized spacial score (nSPS) is 16.8. The molecular formula is C24H30FNO3. The number of rotatable bonds is 7. The van der Waals surface area contributed by atoms with Crippen molar-refractivity contribution in [3.8, 4) is 16.9 Å². The van der Waals surface area contributed by atoms with Crippen LogP contribution in [0, 0.1) is 11.2 Å². The quantitative estimate of drug-likeness (QED) is 0.731. The second-order valence-electron chi connectivity index (χ2n) is 7.89. The van der Waals surface area contributed by atoms with Gasteiger partial charge < -0.3 is 14.8 Å². The summed E-state index contributed by atoms with van der Waals surface area (Å²) in [5.41, 5.74) is 2.24. The Morgan fingerprint density at radius 1 is 1.21 bits per heavy atom. The van der Waals surface area contributed by atoms with E-state index < -0.39 is 5.41 Å². The second kappa shape index (κ2) is 9.40. The van der Waals surface area contributed by atoms with E-state index in [0.29, 0.717) is 30.9 Å². The van der Waals surface area contributed by atoms with Crippen molar-refractivity contribution in [3.05, 3.63) is 53.8 Å². The molecule has 5 heteroatoms. The number of hydrogen-bond acceptors (Lipinski definition) is 3. The molecule has 0 radical (unpaired) electrons. The molecule has 0 saturated carbocycles.